The van der Waals surface area contributed by atoms with Crippen LogP contribution in [0.3, 0.4) is 0 Å². The molecule has 0 heterocycles. The van der Waals surface area contributed by atoms with E-state index < -0.39 is 5.91 Å². The van der Waals surface area contributed by atoms with Crippen LogP contribution in [-0.2, 0) is 11.2 Å². The van der Waals surface area contributed by atoms with Crippen molar-refractivity contribution in [2.75, 3.05) is 13.1 Å². The number of amides is 3. The minimum Gasteiger partial charge on any atom is -0.370 e. The zero-order valence-corrected chi connectivity index (χ0v) is 16.8. The molecule has 152 valence electrons. The van der Waals surface area contributed by atoms with Crippen LogP contribution >= 0.6 is 0 Å². The van der Waals surface area contributed by atoms with E-state index in [-0.39, 0.29) is 24.5 Å². The Hall–Kier alpha value is -2.08. The van der Waals surface area contributed by atoms with E-state index >= 15 is 0 Å². The number of unbranched alkanes of at least 4 members (excludes halogenated alkanes) is 3. The number of hydrogen-bond donors (Lipinski definition) is 4. The molecule has 0 fully saturated rings. The van der Waals surface area contributed by atoms with E-state index in [9.17, 15) is 9.59 Å². The van der Waals surface area contributed by atoms with E-state index in [1.165, 1.54) is 18.4 Å². The Labute approximate surface area is 163 Å². The molecule has 0 bridgehead atoms. The van der Waals surface area contributed by atoms with Gasteiger partial charge < -0.3 is 21.7 Å². The van der Waals surface area contributed by atoms with Gasteiger partial charge in [0, 0.05) is 19.0 Å². The molecular formula is C21H36N4O2. The summed E-state index contributed by atoms with van der Waals surface area (Å²) in [6.07, 6.45) is 6.23. The number of benzene rings is 1. The van der Waals surface area contributed by atoms with Crippen LogP contribution in [0.1, 0.15) is 57.9 Å². The SMILES string of the molecule is CCCCCCNC(=O)N[C@H](CC(N)=O)C(CC)NCCc1ccccc1. The van der Waals surface area contributed by atoms with Crippen LogP contribution in [0, 0.1) is 0 Å². The largest absolute Gasteiger partial charge is 0.370 e. The maximum Gasteiger partial charge on any atom is 0.315 e. The van der Waals surface area contributed by atoms with Gasteiger partial charge in [0.15, 0.2) is 0 Å². The summed E-state index contributed by atoms with van der Waals surface area (Å²) in [5.74, 6) is -0.411. The molecule has 1 aromatic rings. The lowest BCUT2D eigenvalue weighted by atomic mass is 10.0. The van der Waals surface area contributed by atoms with Crippen molar-refractivity contribution < 1.29 is 9.59 Å². The molecule has 1 rings (SSSR count). The van der Waals surface area contributed by atoms with Gasteiger partial charge >= 0.3 is 6.03 Å². The molecule has 0 aromatic heterocycles. The molecule has 0 saturated carbocycles. The summed E-state index contributed by atoms with van der Waals surface area (Å²) in [6, 6.07) is 9.66. The zero-order chi connectivity index (χ0) is 19.9. The Balaban J connectivity index is 2.47. The fraction of sp³-hybridized carbons (Fsp3) is 0.619. The number of nitrogens with two attached hydrogens (primary N) is 1. The third kappa shape index (κ3) is 10.6. The van der Waals surface area contributed by atoms with Gasteiger partial charge in [0.1, 0.15) is 0 Å². The van der Waals surface area contributed by atoms with Gasteiger partial charge in [-0.15, -0.1) is 0 Å². The summed E-state index contributed by atoms with van der Waals surface area (Å²) in [5, 5.41) is 9.26. The van der Waals surface area contributed by atoms with Gasteiger partial charge in [-0.05, 0) is 31.4 Å². The standard InChI is InChI=1S/C21H36N4O2/c1-3-5-6-10-14-24-21(27)25-19(16-20(22)26)18(4-2)23-15-13-17-11-8-7-9-12-17/h7-9,11-12,18-19,23H,3-6,10,13-16H2,1-2H3,(H2,22,26)(H2,24,25,27)/t18?,19-/m1/s1. The van der Waals surface area contributed by atoms with E-state index in [1.807, 2.05) is 25.1 Å². The average Bonchev–Trinajstić information content (AvgIpc) is 2.65. The van der Waals surface area contributed by atoms with Crippen LogP contribution in [-0.4, -0.2) is 37.1 Å². The maximum absolute atomic E-state index is 12.2. The fourth-order valence-corrected chi connectivity index (χ4v) is 3.10. The van der Waals surface area contributed by atoms with Crippen molar-refractivity contribution >= 4 is 11.9 Å². The Morgan fingerprint density at radius 3 is 2.37 bits per heavy atom. The predicted octanol–water partition coefficient (Wildman–Crippen LogP) is 2.72. The molecule has 6 heteroatoms. The smallest absolute Gasteiger partial charge is 0.315 e. The topological polar surface area (TPSA) is 96.2 Å². The minimum atomic E-state index is -0.411. The quantitative estimate of drug-likeness (QED) is 0.376. The summed E-state index contributed by atoms with van der Waals surface area (Å²) < 4.78 is 0. The number of carbonyl (C=O) groups excluding carboxylic acids is 2. The number of carbonyl (C=O) groups is 2. The first-order chi connectivity index (χ1) is 13.1. The van der Waals surface area contributed by atoms with E-state index in [0.717, 1.165) is 32.2 Å². The Morgan fingerprint density at radius 1 is 1.00 bits per heavy atom. The molecule has 0 aliphatic rings. The van der Waals surface area contributed by atoms with Gasteiger partial charge in [-0.25, -0.2) is 4.79 Å². The van der Waals surface area contributed by atoms with Crippen LogP contribution in [0.15, 0.2) is 30.3 Å². The van der Waals surface area contributed by atoms with Crippen LogP contribution in [0.4, 0.5) is 4.79 Å². The summed E-state index contributed by atoms with van der Waals surface area (Å²) in [5.41, 5.74) is 6.65. The predicted molar refractivity (Wildman–Crippen MR) is 111 cm³/mol. The highest BCUT2D eigenvalue weighted by Gasteiger charge is 2.23. The molecule has 1 aromatic carbocycles. The monoisotopic (exact) mass is 376 g/mol. The van der Waals surface area contributed by atoms with Crippen molar-refractivity contribution in [3.8, 4) is 0 Å². The van der Waals surface area contributed by atoms with Crippen molar-refractivity contribution in [2.24, 2.45) is 5.73 Å². The highest BCUT2D eigenvalue weighted by molar-refractivity contribution is 5.77. The normalized spacial score (nSPS) is 13.0. The number of hydrogen-bond acceptors (Lipinski definition) is 3. The van der Waals surface area contributed by atoms with E-state index in [2.05, 4.69) is 35.0 Å². The molecule has 3 amide bonds. The molecule has 1 unspecified atom stereocenters. The Morgan fingerprint density at radius 2 is 1.74 bits per heavy atom. The molecule has 2 atom stereocenters. The van der Waals surface area contributed by atoms with Crippen LogP contribution < -0.4 is 21.7 Å². The van der Waals surface area contributed by atoms with Gasteiger partial charge in [-0.1, -0.05) is 63.4 Å². The number of primary amides is 1. The van der Waals surface area contributed by atoms with Gasteiger partial charge in [0.05, 0.1) is 6.04 Å². The second kappa shape index (κ2) is 14.0. The molecule has 0 aliphatic heterocycles. The van der Waals surface area contributed by atoms with Gasteiger partial charge in [-0.3, -0.25) is 4.79 Å². The number of nitrogens with one attached hydrogen (secondary N) is 3. The lowest BCUT2D eigenvalue weighted by Crippen LogP contribution is -2.54. The third-order valence-electron chi connectivity index (χ3n) is 4.64. The third-order valence-corrected chi connectivity index (χ3v) is 4.64. The second-order valence-electron chi connectivity index (χ2n) is 6.94. The van der Waals surface area contributed by atoms with Gasteiger partial charge in [0.25, 0.3) is 0 Å². The number of rotatable bonds is 14. The summed E-state index contributed by atoms with van der Waals surface area (Å²) in [4.78, 5) is 23.6. The van der Waals surface area contributed by atoms with Crippen molar-refractivity contribution in [2.45, 2.75) is 70.9 Å². The van der Waals surface area contributed by atoms with Crippen LogP contribution in [0.5, 0.6) is 0 Å². The highest BCUT2D eigenvalue weighted by Crippen LogP contribution is 2.05. The van der Waals surface area contributed by atoms with Crippen molar-refractivity contribution in [1.29, 1.82) is 0 Å². The molecule has 0 spiro atoms. The summed E-state index contributed by atoms with van der Waals surface area (Å²) in [6.45, 7) is 5.62. The fourth-order valence-electron chi connectivity index (χ4n) is 3.10. The van der Waals surface area contributed by atoms with Crippen LogP contribution in [0.2, 0.25) is 0 Å². The van der Waals surface area contributed by atoms with Crippen molar-refractivity contribution in [1.82, 2.24) is 16.0 Å². The number of urea groups is 1. The molecule has 5 N–H and O–H groups in total. The van der Waals surface area contributed by atoms with E-state index in [4.69, 9.17) is 5.73 Å². The minimum absolute atomic E-state index is 0.00736. The molecule has 0 radical (unpaired) electrons. The summed E-state index contributed by atoms with van der Waals surface area (Å²) >= 11 is 0. The molecule has 0 saturated heterocycles. The van der Waals surface area contributed by atoms with Crippen molar-refractivity contribution in [3.63, 3.8) is 0 Å². The zero-order valence-electron chi connectivity index (χ0n) is 16.8. The lowest BCUT2D eigenvalue weighted by molar-refractivity contribution is -0.118. The van der Waals surface area contributed by atoms with E-state index in [1.54, 1.807) is 0 Å². The van der Waals surface area contributed by atoms with Crippen molar-refractivity contribution in [3.05, 3.63) is 35.9 Å². The first kappa shape index (κ1) is 23.0. The van der Waals surface area contributed by atoms with Crippen LogP contribution in [0.25, 0.3) is 0 Å². The van der Waals surface area contributed by atoms with E-state index in [0.29, 0.717) is 6.54 Å². The average molecular weight is 377 g/mol. The Bertz CT molecular complexity index is 536. The molecule has 6 nitrogen and oxygen atoms in total. The summed E-state index contributed by atoms with van der Waals surface area (Å²) in [7, 11) is 0. The Kier molecular flexibility index (Phi) is 11.9. The van der Waals surface area contributed by atoms with Gasteiger partial charge in [-0.2, -0.15) is 0 Å². The first-order valence-corrected chi connectivity index (χ1v) is 10.2. The molecular weight excluding hydrogens is 340 g/mol. The highest BCUT2D eigenvalue weighted by atomic mass is 16.2. The second-order valence-corrected chi connectivity index (χ2v) is 6.94. The maximum atomic E-state index is 12.2. The van der Waals surface area contributed by atoms with Gasteiger partial charge in [0.2, 0.25) is 5.91 Å². The lowest BCUT2D eigenvalue weighted by Gasteiger charge is -2.27. The first-order valence-electron chi connectivity index (χ1n) is 10.2. The molecule has 0 aliphatic carbocycles. The molecule has 27 heavy (non-hydrogen) atoms.